The highest BCUT2D eigenvalue weighted by Crippen LogP contribution is 2.01. The number of anilines is 1. The van der Waals surface area contributed by atoms with Crippen molar-refractivity contribution in [2.24, 2.45) is 14.1 Å². The van der Waals surface area contributed by atoms with Crippen molar-refractivity contribution in [3.05, 3.63) is 20.8 Å². The fourth-order valence-corrected chi connectivity index (χ4v) is 1.59. The lowest BCUT2D eigenvalue weighted by Gasteiger charge is -2.17. The summed E-state index contributed by atoms with van der Waals surface area (Å²) < 4.78 is 6.63. The van der Waals surface area contributed by atoms with Crippen molar-refractivity contribution < 1.29 is 9.53 Å². The molecule has 1 heterocycles. The van der Waals surface area contributed by atoms with Crippen molar-refractivity contribution in [1.82, 2.24) is 14.3 Å². The van der Waals surface area contributed by atoms with Gasteiger partial charge >= 0.3 is 11.7 Å². The molecule has 0 spiro atoms. The van der Waals surface area contributed by atoms with Gasteiger partial charge in [-0.25, -0.2) is 9.48 Å². The maximum absolute atomic E-state index is 11.9. The summed E-state index contributed by atoms with van der Waals surface area (Å²) in [5.74, 6) is -0.121. The summed E-state index contributed by atoms with van der Waals surface area (Å²) in [5, 5.41) is 3.93. The van der Waals surface area contributed by atoms with Gasteiger partial charge in [-0.05, 0) is 6.42 Å². The first-order valence-electron chi connectivity index (χ1n) is 5.80. The molecule has 0 N–H and O–H groups in total. The zero-order valence-corrected chi connectivity index (χ0v) is 11.5. The quantitative estimate of drug-likeness (QED) is 0.629. The maximum Gasteiger partial charge on any atom is 0.346 e. The molecule has 0 aliphatic heterocycles. The number of nitrogens with zero attached hydrogens (tertiary/aromatic N) is 4. The second-order valence-corrected chi connectivity index (χ2v) is 4.20. The number of aromatic nitrogens is 3. The van der Waals surface area contributed by atoms with Crippen molar-refractivity contribution in [1.29, 1.82) is 0 Å². The van der Waals surface area contributed by atoms with Gasteiger partial charge in [-0.1, -0.05) is 0 Å². The van der Waals surface area contributed by atoms with Gasteiger partial charge in [0.15, 0.2) is 0 Å². The molecule has 1 aromatic rings. The Balaban J connectivity index is 2.84. The third-order valence-electron chi connectivity index (χ3n) is 2.77. The molecule has 8 nitrogen and oxygen atoms in total. The molecule has 0 saturated heterocycles. The van der Waals surface area contributed by atoms with E-state index in [1.807, 2.05) is 0 Å². The molecule has 0 unspecified atom stereocenters. The van der Waals surface area contributed by atoms with Crippen LogP contribution in [-0.4, -0.2) is 41.0 Å². The molecule has 8 heteroatoms. The predicted octanol–water partition coefficient (Wildman–Crippen LogP) is -1.13. The molecule has 0 amide bonds. The van der Waals surface area contributed by atoms with Gasteiger partial charge in [0.2, 0.25) is 5.82 Å². The zero-order chi connectivity index (χ0) is 14.6. The number of aryl methyl sites for hydroxylation is 1. The average molecular weight is 270 g/mol. The highest BCUT2D eigenvalue weighted by atomic mass is 16.5. The molecule has 0 bridgehead atoms. The van der Waals surface area contributed by atoms with E-state index in [4.69, 9.17) is 0 Å². The lowest BCUT2D eigenvalue weighted by atomic mass is 10.3. The van der Waals surface area contributed by atoms with Gasteiger partial charge in [0.1, 0.15) is 0 Å². The molecule has 0 aliphatic carbocycles. The molecule has 0 aliphatic rings. The summed E-state index contributed by atoms with van der Waals surface area (Å²) in [5.41, 5.74) is -0.930. The Morgan fingerprint density at radius 2 is 2.00 bits per heavy atom. The van der Waals surface area contributed by atoms with Gasteiger partial charge in [0.05, 0.1) is 7.11 Å². The number of hydrogen-bond acceptors (Lipinski definition) is 6. The van der Waals surface area contributed by atoms with Gasteiger partial charge in [0, 0.05) is 34.1 Å². The Labute approximate surface area is 110 Å². The van der Waals surface area contributed by atoms with Crippen LogP contribution in [0.2, 0.25) is 0 Å². The molecule has 0 radical (unpaired) electrons. The van der Waals surface area contributed by atoms with E-state index in [1.165, 1.54) is 21.2 Å². The minimum absolute atomic E-state index is 0.175. The topological polar surface area (TPSA) is 86.4 Å². The summed E-state index contributed by atoms with van der Waals surface area (Å²) in [6.07, 6.45) is 0.809. The molecule has 1 aromatic heterocycles. The summed E-state index contributed by atoms with van der Waals surface area (Å²) in [6, 6.07) is 0. The van der Waals surface area contributed by atoms with Crippen molar-refractivity contribution in [3.63, 3.8) is 0 Å². The van der Waals surface area contributed by atoms with Crippen LogP contribution < -0.4 is 16.1 Å². The van der Waals surface area contributed by atoms with Crippen LogP contribution in [0.1, 0.15) is 12.8 Å². The molecule has 0 saturated carbocycles. The predicted molar refractivity (Wildman–Crippen MR) is 69.2 cm³/mol. The SMILES string of the molecule is COC(=O)CCCN(C)c1nn(C)c(=O)n(C)c1=O. The van der Waals surface area contributed by atoms with Gasteiger partial charge in [-0.15, -0.1) is 5.10 Å². The van der Waals surface area contributed by atoms with Crippen molar-refractivity contribution >= 4 is 11.8 Å². The zero-order valence-electron chi connectivity index (χ0n) is 11.5. The summed E-state index contributed by atoms with van der Waals surface area (Å²) >= 11 is 0. The van der Waals surface area contributed by atoms with Crippen molar-refractivity contribution in [2.45, 2.75) is 12.8 Å². The summed E-state index contributed by atoms with van der Waals surface area (Å²) in [6.45, 7) is 0.468. The van der Waals surface area contributed by atoms with E-state index in [-0.39, 0.29) is 18.2 Å². The fourth-order valence-electron chi connectivity index (χ4n) is 1.59. The molecule has 0 fully saturated rings. The summed E-state index contributed by atoms with van der Waals surface area (Å²) in [7, 11) is 5.90. The van der Waals surface area contributed by atoms with E-state index >= 15 is 0 Å². The Morgan fingerprint density at radius 1 is 1.37 bits per heavy atom. The highest BCUT2D eigenvalue weighted by Gasteiger charge is 2.13. The number of carbonyl (C=O) groups excluding carboxylic acids is 1. The second kappa shape index (κ2) is 6.17. The Kier molecular flexibility index (Phi) is 4.85. The third kappa shape index (κ3) is 3.43. The number of carbonyl (C=O) groups is 1. The first-order valence-corrected chi connectivity index (χ1v) is 5.80. The molecular weight excluding hydrogens is 252 g/mol. The molecule has 0 atom stereocenters. The first-order chi connectivity index (χ1) is 8.88. The van der Waals surface area contributed by atoms with Crippen LogP contribution in [0.15, 0.2) is 9.59 Å². The second-order valence-electron chi connectivity index (χ2n) is 4.20. The lowest BCUT2D eigenvalue weighted by Crippen LogP contribution is -2.42. The van der Waals surface area contributed by atoms with Crippen LogP contribution >= 0.6 is 0 Å². The van der Waals surface area contributed by atoms with Gasteiger partial charge in [-0.2, -0.15) is 0 Å². The highest BCUT2D eigenvalue weighted by molar-refractivity contribution is 5.69. The van der Waals surface area contributed by atoms with E-state index in [9.17, 15) is 14.4 Å². The van der Waals surface area contributed by atoms with Crippen LogP contribution in [0.4, 0.5) is 5.82 Å². The number of esters is 1. The van der Waals surface area contributed by atoms with Crippen molar-refractivity contribution in [3.8, 4) is 0 Å². The molecule has 106 valence electrons. The van der Waals surface area contributed by atoms with Gasteiger partial charge < -0.3 is 9.64 Å². The summed E-state index contributed by atoms with van der Waals surface area (Å²) in [4.78, 5) is 36.0. The minimum atomic E-state index is -0.475. The molecular formula is C11H18N4O4. The Hall–Kier alpha value is -2.12. The molecule has 19 heavy (non-hydrogen) atoms. The van der Waals surface area contributed by atoms with Crippen LogP contribution in [0.25, 0.3) is 0 Å². The van der Waals surface area contributed by atoms with E-state index in [1.54, 1.807) is 11.9 Å². The van der Waals surface area contributed by atoms with E-state index < -0.39 is 11.2 Å². The van der Waals surface area contributed by atoms with Crippen LogP contribution in [0.3, 0.4) is 0 Å². The van der Waals surface area contributed by atoms with E-state index in [2.05, 4.69) is 9.84 Å². The number of hydrogen-bond donors (Lipinski definition) is 0. The van der Waals surface area contributed by atoms with E-state index in [0.29, 0.717) is 13.0 Å². The third-order valence-corrected chi connectivity index (χ3v) is 2.77. The Bertz CT molecular complexity index is 575. The standard InChI is InChI=1S/C11H18N4O4/c1-13(7-5-6-8(16)19-4)9-10(17)14(2)11(18)15(3)12-9/h5-7H2,1-4H3. The van der Waals surface area contributed by atoms with E-state index in [0.717, 1.165) is 9.25 Å². The average Bonchev–Trinajstić information content (AvgIpc) is 2.39. The van der Waals surface area contributed by atoms with Gasteiger partial charge in [0.25, 0.3) is 5.56 Å². The lowest BCUT2D eigenvalue weighted by molar-refractivity contribution is -0.140. The number of rotatable bonds is 5. The van der Waals surface area contributed by atoms with Crippen molar-refractivity contribution in [2.75, 3.05) is 25.6 Å². The smallest absolute Gasteiger partial charge is 0.346 e. The first kappa shape index (κ1) is 14.9. The largest absolute Gasteiger partial charge is 0.469 e. The maximum atomic E-state index is 11.9. The fraction of sp³-hybridized carbons (Fsp3) is 0.636. The van der Waals surface area contributed by atoms with Crippen LogP contribution in [0, 0.1) is 0 Å². The molecule has 0 aromatic carbocycles. The van der Waals surface area contributed by atoms with Crippen LogP contribution in [0.5, 0.6) is 0 Å². The van der Waals surface area contributed by atoms with Gasteiger partial charge in [-0.3, -0.25) is 14.2 Å². The number of methoxy groups -OCH3 is 1. The minimum Gasteiger partial charge on any atom is -0.469 e. The monoisotopic (exact) mass is 270 g/mol. The van der Waals surface area contributed by atoms with Crippen LogP contribution in [-0.2, 0) is 23.6 Å². The number of ether oxygens (including phenoxy) is 1. The molecule has 1 rings (SSSR count). The Morgan fingerprint density at radius 3 is 2.58 bits per heavy atom. The normalized spacial score (nSPS) is 10.3.